The first-order valence-corrected chi connectivity index (χ1v) is 9.14. The van der Waals surface area contributed by atoms with Gasteiger partial charge < -0.3 is 15.1 Å². The molecule has 7 heteroatoms. The Labute approximate surface area is 148 Å². The topological polar surface area (TPSA) is 48.5 Å². The van der Waals surface area contributed by atoms with Crippen molar-refractivity contribution in [1.29, 1.82) is 0 Å². The van der Waals surface area contributed by atoms with Gasteiger partial charge in [-0.3, -0.25) is 4.79 Å². The molecule has 1 N–H and O–H groups in total. The summed E-state index contributed by atoms with van der Waals surface area (Å²) in [4.78, 5) is 20.9. The molecule has 1 saturated heterocycles. The number of hydrogen-bond donors (Lipinski definition) is 1. The number of amides is 1. The third-order valence-electron chi connectivity index (χ3n) is 4.09. The maximum Gasteiger partial charge on any atom is 0.275 e. The van der Waals surface area contributed by atoms with Crippen molar-refractivity contribution < 1.29 is 4.79 Å². The van der Waals surface area contributed by atoms with Crippen LogP contribution < -0.4 is 10.2 Å². The van der Waals surface area contributed by atoms with Crippen molar-refractivity contribution in [3.8, 4) is 0 Å². The molecule has 0 bridgehead atoms. The quantitative estimate of drug-likeness (QED) is 0.863. The number of carbonyl (C=O) groups excluding carboxylic acids is 1. The van der Waals surface area contributed by atoms with E-state index in [0.717, 1.165) is 18.8 Å². The third kappa shape index (κ3) is 3.91. The number of nitrogens with zero attached hydrogens (tertiary/aromatic N) is 3. The van der Waals surface area contributed by atoms with E-state index in [4.69, 9.17) is 0 Å². The Bertz CT molecular complexity index is 686. The van der Waals surface area contributed by atoms with E-state index in [2.05, 4.69) is 62.3 Å². The van der Waals surface area contributed by atoms with Gasteiger partial charge in [-0.15, -0.1) is 11.3 Å². The molecule has 1 unspecified atom stereocenters. The molecule has 1 amide bonds. The zero-order valence-corrected chi connectivity index (χ0v) is 15.5. The number of aromatic nitrogens is 1. The third-order valence-corrected chi connectivity index (χ3v) is 5.46. The largest absolute Gasteiger partial charge is 0.370 e. The Balaban J connectivity index is 1.62. The Kier molecular flexibility index (Phi) is 4.99. The lowest BCUT2D eigenvalue weighted by atomic mass is 10.2. The lowest BCUT2D eigenvalue weighted by Crippen LogP contribution is -2.31. The van der Waals surface area contributed by atoms with Crippen LogP contribution in [-0.2, 0) is 0 Å². The van der Waals surface area contributed by atoms with Gasteiger partial charge in [-0.1, -0.05) is 0 Å². The minimum absolute atomic E-state index is 0.187. The summed E-state index contributed by atoms with van der Waals surface area (Å²) in [7, 11) is 4.26. The molecule has 0 saturated carbocycles. The molecule has 1 aromatic carbocycles. The molecule has 1 aliphatic heterocycles. The van der Waals surface area contributed by atoms with Gasteiger partial charge in [0.05, 0.1) is 0 Å². The summed E-state index contributed by atoms with van der Waals surface area (Å²) in [6.07, 6.45) is 1.18. The number of benzene rings is 1. The summed E-state index contributed by atoms with van der Waals surface area (Å²) in [6, 6.07) is 8.61. The fraction of sp³-hybridized carbons (Fsp3) is 0.375. The monoisotopic (exact) mass is 394 g/mol. The van der Waals surface area contributed by atoms with Crippen molar-refractivity contribution in [2.24, 2.45) is 0 Å². The molecule has 5 nitrogen and oxygen atoms in total. The van der Waals surface area contributed by atoms with Gasteiger partial charge in [-0.05, 0) is 60.7 Å². The molecule has 0 aliphatic carbocycles. The molecule has 1 atom stereocenters. The van der Waals surface area contributed by atoms with Gasteiger partial charge in [0.2, 0.25) is 0 Å². The first-order valence-electron chi connectivity index (χ1n) is 7.47. The number of likely N-dealkylation sites (N-methyl/N-ethyl adjacent to an activating group) is 1. The van der Waals surface area contributed by atoms with Crippen molar-refractivity contribution >= 4 is 44.5 Å². The fourth-order valence-electron chi connectivity index (χ4n) is 2.70. The van der Waals surface area contributed by atoms with Crippen LogP contribution in [0, 0.1) is 0 Å². The summed E-state index contributed by atoms with van der Waals surface area (Å²) in [6.45, 7) is 2.12. The molecule has 3 rings (SSSR count). The Hall–Kier alpha value is -1.44. The van der Waals surface area contributed by atoms with Crippen LogP contribution in [-0.4, -0.2) is 49.0 Å². The van der Waals surface area contributed by atoms with Crippen LogP contribution in [0.4, 0.5) is 11.4 Å². The maximum atomic E-state index is 12.1. The van der Waals surface area contributed by atoms with Crippen molar-refractivity contribution in [2.75, 3.05) is 37.4 Å². The van der Waals surface area contributed by atoms with Crippen LogP contribution >= 0.6 is 27.3 Å². The van der Waals surface area contributed by atoms with Crippen LogP contribution in [0.5, 0.6) is 0 Å². The van der Waals surface area contributed by atoms with Gasteiger partial charge in [0.1, 0.15) is 5.69 Å². The van der Waals surface area contributed by atoms with Gasteiger partial charge in [-0.2, -0.15) is 0 Å². The molecule has 122 valence electrons. The summed E-state index contributed by atoms with van der Waals surface area (Å²) in [5, 5.41) is 4.61. The SMILES string of the molecule is CN(C)C1CCN(c2ccc(NC(=O)c3csc(Br)n3)cc2)C1. The molecular formula is C16H19BrN4OS. The van der Waals surface area contributed by atoms with E-state index < -0.39 is 0 Å². The lowest BCUT2D eigenvalue weighted by Gasteiger charge is -2.22. The molecule has 1 aliphatic rings. The summed E-state index contributed by atoms with van der Waals surface area (Å²) >= 11 is 4.67. The highest BCUT2D eigenvalue weighted by Crippen LogP contribution is 2.24. The van der Waals surface area contributed by atoms with Crippen molar-refractivity contribution in [3.63, 3.8) is 0 Å². The Morgan fingerprint density at radius 1 is 1.39 bits per heavy atom. The number of halogens is 1. The minimum Gasteiger partial charge on any atom is -0.370 e. The highest BCUT2D eigenvalue weighted by molar-refractivity contribution is 9.11. The van der Waals surface area contributed by atoms with Crippen LogP contribution in [0.15, 0.2) is 33.6 Å². The number of nitrogens with one attached hydrogen (secondary N) is 1. The maximum absolute atomic E-state index is 12.1. The Morgan fingerprint density at radius 3 is 2.70 bits per heavy atom. The molecular weight excluding hydrogens is 376 g/mol. The van der Waals surface area contributed by atoms with Gasteiger partial charge in [0, 0.05) is 35.9 Å². The van der Waals surface area contributed by atoms with E-state index in [1.807, 2.05) is 12.1 Å². The van der Waals surface area contributed by atoms with Crippen LogP contribution in [0.3, 0.4) is 0 Å². The van der Waals surface area contributed by atoms with E-state index in [-0.39, 0.29) is 5.91 Å². The molecule has 2 aromatic rings. The molecule has 23 heavy (non-hydrogen) atoms. The van der Waals surface area contributed by atoms with Gasteiger partial charge in [0.25, 0.3) is 5.91 Å². The van der Waals surface area contributed by atoms with Crippen LogP contribution in [0.1, 0.15) is 16.9 Å². The number of anilines is 2. The number of hydrogen-bond acceptors (Lipinski definition) is 5. The van der Waals surface area contributed by atoms with E-state index in [9.17, 15) is 4.79 Å². The van der Waals surface area contributed by atoms with Crippen molar-refractivity contribution in [1.82, 2.24) is 9.88 Å². The average Bonchev–Trinajstić information content (AvgIpc) is 3.17. The van der Waals surface area contributed by atoms with Crippen LogP contribution in [0.2, 0.25) is 0 Å². The van der Waals surface area contributed by atoms with Gasteiger partial charge >= 0.3 is 0 Å². The molecule has 0 radical (unpaired) electrons. The average molecular weight is 395 g/mol. The van der Waals surface area contributed by atoms with Crippen molar-refractivity contribution in [3.05, 3.63) is 39.3 Å². The second kappa shape index (κ2) is 6.98. The second-order valence-corrected chi connectivity index (χ2v) is 7.97. The predicted molar refractivity (Wildman–Crippen MR) is 98.5 cm³/mol. The molecule has 2 heterocycles. The van der Waals surface area contributed by atoms with E-state index in [1.54, 1.807) is 5.38 Å². The highest BCUT2D eigenvalue weighted by Gasteiger charge is 2.23. The van der Waals surface area contributed by atoms with Crippen molar-refractivity contribution in [2.45, 2.75) is 12.5 Å². The highest BCUT2D eigenvalue weighted by atomic mass is 79.9. The normalized spacial score (nSPS) is 17.7. The zero-order valence-electron chi connectivity index (χ0n) is 13.1. The summed E-state index contributed by atoms with van der Waals surface area (Å²) < 4.78 is 0.711. The lowest BCUT2D eigenvalue weighted by molar-refractivity contribution is 0.102. The first kappa shape index (κ1) is 16.4. The molecule has 1 aromatic heterocycles. The van der Waals surface area contributed by atoms with E-state index >= 15 is 0 Å². The summed E-state index contributed by atoms with van der Waals surface area (Å²) in [5.41, 5.74) is 2.41. The van der Waals surface area contributed by atoms with Gasteiger partial charge in [-0.25, -0.2) is 4.98 Å². The summed E-state index contributed by atoms with van der Waals surface area (Å²) in [5.74, 6) is -0.187. The Morgan fingerprint density at radius 2 is 2.13 bits per heavy atom. The van der Waals surface area contributed by atoms with E-state index in [1.165, 1.54) is 23.4 Å². The first-order chi connectivity index (χ1) is 11.0. The second-order valence-electron chi connectivity index (χ2n) is 5.84. The van der Waals surface area contributed by atoms with E-state index in [0.29, 0.717) is 15.7 Å². The molecule has 1 fully saturated rings. The van der Waals surface area contributed by atoms with Gasteiger partial charge in [0.15, 0.2) is 3.92 Å². The number of carbonyl (C=O) groups is 1. The minimum atomic E-state index is -0.187. The smallest absolute Gasteiger partial charge is 0.275 e. The fourth-order valence-corrected chi connectivity index (χ4v) is 3.70. The molecule has 0 spiro atoms. The zero-order chi connectivity index (χ0) is 16.4. The number of rotatable bonds is 4. The standard InChI is InChI=1S/C16H19BrN4OS/c1-20(2)13-7-8-21(9-13)12-5-3-11(4-6-12)18-15(22)14-10-23-16(17)19-14/h3-6,10,13H,7-9H2,1-2H3,(H,18,22). The predicted octanol–water partition coefficient (Wildman–Crippen LogP) is 3.30. The van der Waals surface area contributed by atoms with Crippen LogP contribution in [0.25, 0.3) is 0 Å². The number of thiazole rings is 1.